The number of likely N-dealkylation sites (N-methyl/N-ethyl adjacent to an activating group) is 1. The van der Waals surface area contributed by atoms with Gasteiger partial charge in [-0.15, -0.1) is 0 Å². The number of benzene rings is 1. The lowest BCUT2D eigenvalue weighted by Gasteiger charge is -2.42. The highest BCUT2D eigenvalue weighted by Crippen LogP contribution is 2.52. The van der Waals surface area contributed by atoms with Crippen LogP contribution in [0.15, 0.2) is 24.3 Å². The second-order valence-electron chi connectivity index (χ2n) is 10.3. The van der Waals surface area contributed by atoms with E-state index in [1.807, 2.05) is 6.07 Å². The molecular formula is C26H37BF2N2O4. The molecule has 9 heteroatoms. The second-order valence-corrected chi connectivity index (χ2v) is 10.3. The van der Waals surface area contributed by atoms with E-state index in [0.29, 0.717) is 18.7 Å². The highest BCUT2D eigenvalue weighted by Gasteiger charge is 2.59. The van der Waals surface area contributed by atoms with Crippen molar-refractivity contribution >= 4 is 24.4 Å². The van der Waals surface area contributed by atoms with Gasteiger partial charge in [-0.05, 0) is 49.7 Å². The molecule has 1 saturated carbocycles. The number of carbonyl (C=O) groups is 2. The molecule has 0 spiro atoms. The number of carbonyl (C=O) groups excluding carboxylic acids is 2. The van der Waals surface area contributed by atoms with Crippen LogP contribution < -0.4 is 5.46 Å². The SMILES string of the molecule is CCC1(CC)OB(c2cccc(C(=O)N3CCN(C)C(=O)C3CC3CC3(F)F)c2)OC1(CC)CC. The van der Waals surface area contributed by atoms with E-state index >= 15 is 0 Å². The Morgan fingerprint density at radius 2 is 1.63 bits per heavy atom. The summed E-state index contributed by atoms with van der Waals surface area (Å²) >= 11 is 0. The Kier molecular flexibility index (Phi) is 7.05. The third kappa shape index (κ3) is 4.39. The van der Waals surface area contributed by atoms with E-state index in [2.05, 4.69) is 27.7 Å². The molecule has 3 fully saturated rings. The summed E-state index contributed by atoms with van der Waals surface area (Å²) in [5.74, 6) is -4.19. The molecule has 192 valence electrons. The fourth-order valence-electron chi connectivity index (χ4n) is 6.07. The van der Waals surface area contributed by atoms with Crippen LogP contribution in [0.2, 0.25) is 0 Å². The van der Waals surface area contributed by atoms with Gasteiger partial charge in [0.15, 0.2) is 0 Å². The first-order chi connectivity index (χ1) is 16.6. The molecule has 1 aliphatic carbocycles. The van der Waals surface area contributed by atoms with Gasteiger partial charge in [-0.2, -0.15) is 0 Å². The fraction of sp³-hybridized carbons (Fsp3) is 0.692. The van der Waals surface area contributed by atoms with E-state index in [0.717, 1.165) is 31.1 Å². The molecule has 4 rings (SSSR count). The molecule has 2 atom stereocenters. The van der Waals surface area contributed by atoms with Gasteiger partial charge >= 0.3 is 7.12 Å². The summed E-state index contributed by atoms with van der Waals surface area (Å²) in [6.07, 6.45) is 3.03. The zero-order valence-electron chi connectivity index (χ0n) is 21.5. The van der Waals surface area contributed by atoms with Crippen molar-refractivity contribution < 1.29 is 27.7 Å². The standard InChI is InChI=1S/C26H37BF2N2O4/c1-6-24(7-2)25(8-3,9-4)35-27(34-24)20-12-10-11-18(15-20)22(32)31-14-13-30(5)23(33)21(31)16-19-17-26(19,28)29/h10-12,15,19,21H,6-9,13-14,16-17H2,1-5H3. The van der Waals surface area contributed by atoms with Crippen molar-refractivity contribution in [1.82, 2.24) is 9.80 Å². The van der Waals surface area contributed by atoms with E-state index in [1.54, 1.807) is 25.2 Å². The van der Waals surface area contributed by atoms with Crippen LogP contribution >= 0.6 is 0 Å². The lowest BCUT2D eigenvalue weighted by molar-refractivity contribution is -0.139. The van der Waals surface area contributed by atoms with Gasteiger partial charge in [0.05, 0.1) is 11.2 Å². The molecule has 0 aromatic heterocycles. The number of amides is 2. The molecule has 1 aromatic carbocycles. The number of hydrogen-bond donors (Lipinski definition) is 0. The van der Waals surface area contributed by atoms with Crippen molar-refractivity contribution in [3.05, 3.63) is 29.8 Å². The summed E-state index contributed by atoms with van der Waals surface area (Å²) in [6.45, 7) is 9.15. The molecule has 0 radical (unpaired) electrons. The van der Waals surface area contributed by atoms with Crippen molar-refractivity contribution in [3.8, 4) is 0 Å². The predicted molar refractivity (Wildman–Crippen MR) is 131 cm³/mol. The van der Waals surface area contributed by atoms with Crippen LogP contribution in [0.1, 0.15) is 76.6 Å². The molecule has 2 aliphatic heterocycles. The van der Waals surface area contributed by atoms with Gasteiger partial charge in [-0.1, -0.05) is 39.8 Å². The van der Waals surface area contributed by atoms with Gasteiger partial charge in [0.2, 0.25) is 5.91 Å². The van der Waals surface area contributed by atoms with Crippen LogP contribution in [0.5, 0.6) is 0 Å². The lowest BCUT2D eigenvalue weighted by Crippen LogP contribution is -2.57. The first-order valence-electron chi connectivity index (χ1n) is 13.0. The van der Waals surface area contributed by atoms with E-state index in [-0.39, 0.29) is 24.7 Å². The van der Waals surface area contributed by atoms with Crippen LogP contribution in [0.3, 0.4) is 0 Å². The third-order valence-electron chi connectivity index (χ3n) is 8.62. The van der Waals surface area contributed by atoms with Gasteiger partial charge in [-0.3, -0.25) is 9.59 Å². The summed E-state index contributed by atoms with van der Waals surface area (Å²) in [5.41, 5.74) is 0.331. The van der Waals surface area contributed by atoms with Crippen molar-refractivity contribution in [3.63, 3.8) is 0 Å². The van der Waals surface area contributed by atoms with Crippen LogP contribution in [-0.4, -0.2) is 72.0 Å². The van der Waals surface area contributed by atoms with Crippen molar-refractivity contribution in [1.29, 1.82) is 0 Å². The molecule has 2 saturated heterocycles. The maximum absolute atomic E-state index is 13.6. The Balaban J connectivity index is 1.58. The van der Waals surface area contributed by atoms with E-state index in [9.17, 15) is 18.4 Å². The van der Waals surface area contributed by atoms with Gasteiger partial charge in [0, 0.05) is 38.0 Å². The van der Waals surface area contributed by atoms with Crippen molar-refractivity contribution in [2.75, 3.05) is 20.1 Å². The molecule has 2 unspecified atom stereocenters. The molecule has 6 nitrogen and oxygen atoms in total. The minimum Gasteiger partial charge on any atom is -0.399 e. The zero-order chi connectivity index (χ0) is 25.6. The Morgan fingerprint density at radius 3 is 2.14 bits per heavy atom. The molecule has 3 aliphatic rings. The fourth-order valence-corrected chi connectivity index (χ4v) is 6.07. The van der Waals surface area contributed by atoms with Gasteiger partial charge in [0.1, 0.15) is 6.04 Å². The van der Waals surface area contributed by atoms with Gasteiger partial charge in [0.25, 0.3) is 11.8 Å². The molecule has 0 N–H and O–H groups in total. The Bertz CT molecular complexity index is 946. The number of halogens is 2. The summed E-state index contributed by atoms with van der Waals surface area (Å²) in [6, 6.07) is 6.26. The van der Waals surface area contributed by atoms with Crippen molar-refractivity contribution in [2.24, 2.45) is 5.92 Å². The molecule has 0 bridgehead atoms. The Labute approximate surface area is 207 Å². The lowest BCUT2D eigenvalue weighted by atomic mass is 9.75. The van der Waals surface area contributed by atoms with Crippen LogP contribution in [0.25, 0.3) is 0 Å². The van der Waals surface area contributed by atoms with Crippen LogP contribution in [-0.2, 0) is 14.1 Å². The topological polar surface area (TPSA) is 59.1 Å². The molecule has 2 amide bonds. The number of nitrogens with zero attached hydrogens (tertiary/aromatic N) is 2. The smallest absolute Gasteiger partial charge is 0.399 e. The summed E-state index contributed by atoms with van der Waals surface area (Å²) in [4.78, 5) is 29.4. The van der Waals surface area contributed by atoms with Crippen LogP contribution in [0, 0.1) is 5.92 Å². The first kappa shape index (κ1) is 26.1. The second kappa shape index (κ2) is 9.47. The monoisotopic (exact) mass is 490 g/mol. The van der Waals surface area contributed by atoms with Gasteiger partial charge in [-0.25, -0.2) is 8.78 Å². The molecule has 1 aromatic rings. The highest BCUT2D eigenvalue weighted by molar-refractivity contribution is 6.62. The molecule has 35 heavy (non-hydrogen) atoms. The average molecular weight is 490 g/mol. The number of piperazine rings is 1. The highest BCUT2D eigenvalue weighted by atomic mass is 19.3. The Hall–Kier alpha value is -2.00. The average Bonchev–Trinajstić information content (AvgIpc) is 3.32. The van der Waals surface area contributed by atoms with Gasteiger partial charge < -0.3 is 19.1 Å². The van der Waals surface area contributed by atoms with E-state index in [1.165, 1.54) is 9.80 Å². The van der Waals surface area contributed by atoms with Crippen LogP contribution in [0.4, 0.5) is 8.78 Å². The third-order valence-corrected chi connectivity index (χ3v) is 8.62. The first-order valence-corrected chi connectivity index (χ1v) is 13.0. The number of hydrogen-bond acceptors (Lipinski definition) is 4. The summed E-state index contributed by atoms with van der Waals surface area (Å²) in [7, 11) is 1.05. The maximum atomic E-state index is 13.6. The van der Waals surface area contributed by atoms with Crippen molar-refractivity contribution in [2.45, 2.75) is 89.4 Å². The molecular weight excluding hydrogens is 453 g/mol. The number of alkyl halides is 2. The Morgan fingerprint density at radius 1 is 1.06 bits per heavy atom. The zero-order valence-corrected chi connectivity index (χ0v) is 21.5. The summed E-state index contributed by atoms with van der Waals surface area (Å²) < 4.78 is 40.4. The minimum absolute atomic E-state index is 0.0124. The van der Waals surface area contributed by atoms with E-state index in [4.69, 9.17) is 9.31 Å². The summed E-state index contributed by atoms with van der Waals surface area (Å²) in [5, 5.41) is 0. The normalized spacial score (nSPS) is 26.8. The quantitative estimate of drug-likeness (QED) is 0.520. The molecule has 2 heterocycles. The minimum atomic E-state index is -2.74. The maximum Gasteiger partial charge on any atom is 0.494 e. The number of rotatable bonds is 8. The largest absolute Gasteiger partial charge is 0.494 e. The van der Waals surface area contributed by atoms with E-state index < -0.39 is 36.2 Å². The predicted octanol–water partition coefficient (Wildman–Crippen LogP) is 3.87.